The zero-order chi connectivity index (χ0) is 14.8. The van der Waals surface area contributed by atoms with Gasteiger partial charge in [-0.3, -0.25) is 4.79 Å². The van der Waals surface area contributed by atoms with E-state index in [4.69, 9.17) is 4.74 Å². The first-order valence-corrected chi connectivity index (χ1v) is 7.60. The average Bonchev–Trinajstić information content (AvgIpc) is 2.77. The Bertz CT molecular complexity index is 362. The molecule has 0 radical (unpaired) electrons. The molecular weight excluding hydrogens is 256 g/mol. The highest BCUT2D eigenvalue weighted by atomic mass is 16.6. The van der Waals surface area contributed by atoms with Crippen molar-refractivity contribution in [2.75, 3.05) is 19.6 Å². The topological polar surface area (TPSA) is 58.6 Å². The molecule has 2 fully saturated rings. The van der Waals surface area contributed by atoms with Crippen LogP contribution >= 0.6 is 0 Å². The molecule has 2 rings (SSSR count). The van der Waals surface area contributed by atoms with Crippen LogP contribution < -0.4 is 5.32 Å². The van der Waals surface area contributed by atoms with Crippen molar-refractivity contribution in [3.05, 3.63) is 0 Å². The average molecular weight is 282 g/mol. The first kappa shape index (κ1) is 15.1. The second-order valence-electron chi connectivity index (χ2n) is 6.96. The van der Waals surface area contributed by atoms with Gasteiger partial charge < -0.3 is 15.0 Å². The highest BCUT2D eigenvalue weighted by molar-refractivity contribution is 5.82. The Kier molecular flexibility index (Phi) is 4.55. The molecule has 2 atom stereocenters. The van der Waals surface area contributed by atoms with E-state index in [2.05, 4.69) is 5.32 Å². The van der Waals surface area contributed by atoms with Crippen LogP contribution in [0.2, 0.25) is 0 Å². The summed E-state index contributed by atoms with van der Waals surface area (Å²) >= 11 is 0. The van der Waals surface area contributed by atoms with Crippen molar-refractivity contribution >= 4 is 12.0 Å². The van der Waals surface area contributed by atoms with Gasteiger partial charge in [0, 0.05) is 13.1 Å². The summed E-state index contributed by atoms with van der Waals surface area (Å²) in [6.07, 6.45) is 4.54. The molecule has 1 heterocycles. The highest BCUT2D eigenvalue weighted by Crippen LogP contribution is 2.35. The Labute approximate surface area is 121 Å². The third kappa shape index (κ3) is 4.12. The Morgan fingerprint density at radius 2 is 1.70 bits per heavy atom. The second-order valence-corrected chi connectivity index (χ2v) is 6.96. The molecule has 0 bridgehead atoms. The maximum atomic E-state index is 12.1. The SMILES string of the molecule is CC(C)(C)OC(=O)NCC(=O)N1CC2CCCCC2C1. The first-order chi connectivity index (χ1) is 9.35. The molecule has 20 heavy (non-hydrogen) atoms. The zero-order valence-corrected chi connectivity index (χ0v) is 12.8. The number of hydrogen-bond acceptors (Lipinski definition) is 3. The fourth-order valence-corrected chi connectivity index (χ4v) is 3.18. The van der Waals surface area contributed by atoms with Gasteiger partial charge in [-0.1, -0.05) is 12.8 Å². The van der Waals surface area contributed by atoms with E-state index in [1.54, 1.807) is 20.8 Å². The number of alkyl carbamates (subject to hydrolysis) is 1. The van der Waals surface area contributed by atoms with Gasteiger partial charge in [0.05, 0.1) is 0 Å². The monoisotopic (exact) mass is 282 g/mol. The Balaban J connectivity index is 1.74. The summed E-state index contributed by atoms with van der Waals surface area (Å²) in [4.78, 5) is 25.5. The van der Waals surface area contributed by atoms with Gasteiger partial charge in [0.15, 0.2) is 0 Å². The van der Waals surface area contributed by atoms with Crippen molar-refractivity contribution in [2.45, 2.75) is 52.1 Å². The number of amides is 2. The number of carbonyl (C=O) groups excluding carboxylic acids is 2. The lowest BCUT2D eigenvalue weighted by Crippen LogP contribution is -2.41. The molecule has 1 aliphatic heterocycles. The number of carbonyl (C=O) groups is 2. The van der Waals surface area contributed by atoms with E-state index >= 15 is 0 Å². The summed E-state index contributed by atoms with van der Waals surface area (Å²) in [5.41, 5.74) is -0.532. The quantitative estimate of drug-likeness (QED) is 0.844. The lowest BCUT2D eigenvalue weighted by molar-refractivity contribution is -0.129. The third-order valence-corrected chi connectivity index (χ3v) is 4.11. The standard InChI is InChI=1S/C15H26N2O3/c1-15(2,3)20-14(19)16-8-13(18)17-9-11-6-4-5-7-12(11)10-17/h11-12H,4-10H2,1-3H3,(H,16,19). The zero-order valence-electron chi connectivity index (χ0n) is 12.8. The molecule has 5 nitrogen and oxygen atoms in total. The Morgan fingerprint density at radius 1 is 1.15 bits per heavy atom. The van der Waals surface area contributed by atoms with Crippen LogP contribution in [-0.2, 0) is 9.53 Å². The maximum absolute atomic E-state index is 12.1. The fraction of sp³-hybridized carbons (Fsp3) is 0.867. The van der Waals surface area contributed by atoms with Gasteiger partial charge in [-0.05, 0) is 45.4 Å². The van der Waals surface area contributed by atoms with Crippen molar-refractivity contribution in [1.29, 1.82) is 0 Å². The van der Waals surface area contributed by atoms with Crippen molar-refractivity contribution in [3.8, 4) is 0 Å². The summed E-state index contributed by atoms with van der Waals surface area (Å²) < 4.78 is 5.12. The van der Waals surface area contributed by atoms with Crippen LogP contribution in [0, 0.1) is 11.8 Å². The van der Waals surface area contributed by atoms with E-state index in [1.165, 1.54) is 25.7 Å². The van der Waals surface area contributed by atoms with E-state index in [-0.39, 0.29) is 12.5 Å². The van der Waals surface area contributed by atoms with Crippen LogP contribution in [0.15, 0.2) is 0 Å². The summed E-state index contributed by atoms with van der Waals surface area (Å²) in [6.45, 7) is 7.17. The van der Waals surface area contributed by atoms with Crippen LogP contribution in [0.3, 0.4) is 0 Å². The lowest BCUT2D eigenvalue weighted by Gasteiger charge is -2.22. The smallest absolute Gasteiger partial charge is 0.408 e. The highest BCUT2D eigenvalue weighted by Gasteiger charge is 2.36. The van der Waals surface area contributed by atoms with Gasteiger partial charge in [0.25, 0.3) is 0 Å². The molecule has 0 aromatic rings. The molecule has 2 aliphatic rings. The molecule has 2 unspecified atom stereocenters. The molecule has 0 aromatic heterocycles. The normalized spacial score (nSPS) is 26.1. The van der Waals surface area contributed by atoms with Crippen molar-refractivity contribution < 1.29 is 14.3 Å². The molecule has 114 valence electrons. The van der Waals surface area contributed by atoms with Crippen molar-refractivity contribution in [2.24, 2.45) is 11.8 Å². The number of fused-ring (bicyclic) bond motifs is 1. The lowest BCUT2D eigenvalue weighted by atomic mass is 9.82. The van der Waals surface area contributed by atoms with Crippen LogP contribution in [0.1, 0.15) is 46.5 Å². The number of ether oxygens (including phenoxy) is 1. The first-order valence-electron chi connectivity index (χ1n) is 7.60. The predicted molar refractivity (Wildman–Crippen MR) is 76.3 cm³/mol. The number of nitrogens with one attached hydrogen (secondary N) is 1. The number of likely N-dealkylation sites (tertiary alicyclic amines) is 1. The van der Waals surface area contributed by atoms with E-state index in [1.807, 2.05) is 4.90 Å². The molecule has 1 saturated carbocycles. The Morgan fingerprint density at radius 3 is 2.20 bits per heavy atom. The van der Waals surface area contributed by atoms with E-state index in [0.717, 1.165) is 13.1 Å². The summed E-state index contributed by atoms with van der Waals surface area (Å²) in [5, 5.41) is 2.54. The largest absolute Gasteiger partial charge is 0.444 e. The molecule has 2 amide bonds. The minimum absolute atomic E-state index is 0.00487. The van der Waals surface area contributed by atoms with E-state index < -0.39 is 11.7 Å². The van der Waals surface area contributed by atoms with Gasteiger partial charge in [0.1, 0.15) is 12.1 Å². The molecule has 5 heteroatoms. The molecule has 1 aliphatic carbocycles. The number of hydrogen-bond donors (Lipinski definition) is 1. The molecule has 0 aromatic carbocycles. The van der Waals surface area contributed by atoms with Crippen LogP contribution in [0.25, 0.3) is 0 Å². The molecule has 0 spiro atoms. The number of nitrogens with zero attached hydrogens (tertiary/aromatic N) is 1. The molecular formula is C15H26N2O3. The minimum Gasteiger partial charge on any atom is -0.444 e. The van der Waals surface area contributed by atoms with Crippen LogP contribution in [0.4, 0.5) is 4.79 Å². The summed E-state index contributed by atoms with van der Waals surface area (Å²) in [7, 11) is 0. The summed E-state index contributed by atoms with van der Waals surface area (Å²) in [5.74, 6) is 1.36. The summed E-state index contributed by atoms with van der Waals surface area (Å²) in [6, 6.07) is 0. The fourth-order valence-electron chi connectivity index (χ4n) is 3.18. The van der Waals surface area contributed by atoms with Crippen LogP contribution in [0.5, 0.6) is 0 Å². The number of rotatable bonds is 2. The van der Waals surface area contributed by atoms with Crippen LogP contribution in [-0.4, -0.2) is 42.1 Å². The van der Waals surface area contributed by atoms with Gasteiger partial charge in [-0.2, -0.15) is 0 Å². The van der Waals surface area contributed by atoms with E-state index in [9.17, 15) is 9.59 Å². The maximum Gasteiger partial charge on any atom is 0.408 e. The van der Waals surface area contributed by atoms with E-state index in [0.29, 0.717) is 11.8 Å². The van der Waals surface area contributed by atoms with Gasteiger partial charge in [-0.25, -0.2) is 4.79 Å². The predicted octanol–water partition coefficient (Wildman–Crippen LogP) is 2.16. The third-order valence-electron chi connectivity index (χ3n) is 4.11. The van der Waals surface area contributed by atoms with Crippen molar-refractivity contribution in [3.63, 3.8) is 0 Å². The van der Waals surface area contributed by atoms with Crippen molar-refractivity contribution in [1.82, 2.24) is 10.2 Å². The van der Waals surface area contributed by atoms with Gasteiger partial charge in [0.2, 0.25) is 5.91 Å². The Hall–Kier alpha value is -1.26. The van der Waals surface area contributed by atoms with Gasteiger partial charge in [-0.15, -0.1) is 0 Å². The minimum atomic E-state index is -0.532. The molecule has 1 N–H and O–H groups in total. The van der Waals surface area contributed by atoms with Gasteiger partial charge >= 0.3 is 6.09 Å². The second kappa shape index (κ2) is 6.02. The molecule has 1 saturated heterocycles.